The largest absolute Gasteiger partial charge is 0.501 e. The van der Waals surface area contributed by atoms with E-state index in [0.717, 1.165) is 12.2 Å². The van der Waals surface area contributed by atoms with Gasteiger partial charge in [0.15, 0.2) is 0 Å². The fourth-order valence-electron chi connectivity index (χ4n) is 1.00. The summed E-state index contributed by atoms with van der Waals surface area (Å²) >= 11 is 0. The van der Waals surface area contributed by atoms with Crippen LogP contribution in [0.2, 0.25) is 0 Å². The Hall–Kier alpha value is -0.790. The van der Waals surface area contributed by atoms with E-state index in [1.54, 1.807) is 13.2 Å². The van der Waals surface area contributed by atoms with E-state index in [1.165, 1.54) is 6.08 Å². The van der Waals surface area contributed by atoms with E-state index in [-0.39, 0.29) is 5.83 Å². The van der Waals surface area contributed by atoms with Gasteiger partial charge in [0.25, 0.3) is 0 Å². The maximum absolute atomic E-state index is 12.5. The van der Waals surface area contributed by atoms with Gasteiger partial charge in [-0.1, -0.05) is 6.92 Å². The minimum Gasteiger partial charge on any atom is -0.501 e. The predicted molar refractivity (Wildman–Crippen MR) is 38.1 cm³/mol. The van der Waals surface area contributed by atoms with Gasteiger partial charge in [0, 0.05) is 12.0 Å². The number of allylic oxidation sites excluding steroid dienone is 4. The van der Waals surface area contributed by atoms with Crippen LogP contribution in [0.4, 0.5) is 4.39 Å². The molecular formula is C8H11FO. The van der Waals surface area contributed by atoms with Gasteiger partial charge in [-0.15, -0.1) is 0 Å². The zero-order valence-corrected chi connectivity index (χ0v) is 6.23. The van der Waals surface area contributed by atoms with Crippen molar-refractivity contribution < 1.29 is 9.13 Å². The van der Waals surface area contributed by atoms with Crippen LogP contribution in [-0.4, -0.2) is 7.11 Å². The first kappa shape index (κ1) is 7.32. The molecule has 0 aromatic heterocycles. The molecule has 0 aromatic rings. The quantitative estimate of drug-likeness (QED) is 0.546. The van der Waals surface area contributed by atoms with Gasteiger partial charge in [-0.3, -0.25) is 0 Å². The average molecular weight is 142 g/mol. The van der Waals surface area contributed by atoms with Crippen molar-refractivity contribution in [1.82, 2.24) is 0 Å². The number of halogens is 1. The van der Waals surface area contributed by atoms with Crippen molar-refractivity contribution in [2.24, 2.45) is 5.92 Å². The predicted octanol–water partition coefficient (Wildman–Crippen LogP) is 2.41. The molecule has 0 bridgehead atoms. The summed E-state index contributed by atoms with van der Waals surface area (Å²) in [6.45, 7) is 2.01. The Kier molecular flexibility index (Phi) is 2.10. The van der Waals surface area contributed by atoms with Gasteiger partial charge in [0.2, 0.25) is 0 Å². The van der Waals surface area contributed by atoms with Crippen LogP contribution < -0.4 is 0 Å². The Morgan fingerprint density at radius 1 is 1.70 bits per heavy atom. The highest BCUT2D eigenvalue weighted by atomic mass is 19.1. The third kappa shape index (κ3) is 1.38. The molecule has 0 radical (unpaired) electrons. The molecule has 1 unspecified atom stereocenters. The topological polar surface area (TPSA) is 9.23 Å². The third-order valence-corrected chi connectivity index (χ3v) is 1.67. The van der Waals surface area contributed by atoms with Crippen molar-refractivity contribution in [2.75, 3.05) is 7.11 Å². The molecule has 2 heteroatoms. The van der Waals surface area contributed by atoms with E-state index in [0.29, 0.717) is 5.92 Å². The van der Waals surface area contributed by atoms with E-state index in [9.17, 15) is 4.39 Å². The fourth-order valence-corrected chi connectivity index (χ4v) is 1.00. The molecule has 0 amide bonds. The number of ether oxygens (including phenoxy) is 1. The summed E-state index contributed by atoms with van der Waals surface area (Å²) in [7, 11) is 1.57. The summed E-state index contributed by atoms with van der Waals surface area (Å²) < 4.78 is 17.5. The maximum Gasteiger partial charge on any atom is 0.122 e. The molecule has 0 aliphatic heterocycles. The Morgan fingerprint density at radius 2 is 2.40 bits per heavy atom. The second kappa shape index (κ2) is 2.86. The Balaban J connectivity index is 2.73. The fraction of sp³-hybridized carbons (Fsp3) is 0.500. The third-order valence-electron chi connectivity index (χ3n) is 1.67. The summed E-state index contributed by atoms with van der Waals surface area (Å²) in [4.78, 5) is 0. The molecule has 56 valence electrons. The SMILES string of the molecule is COC1=CC(F)=CCC1C. The lowest BCUT2D eigenvalue weighted by atomic mass is 10.0. The van der Waals surface area contributed by atoms with Crippen LogP contribution in [0, 0.1) is 5.92 Å². The molecule has 0 N–H and O–H groups in total. The first-order valence-electron chi connectivity index (χ1n) is 3.35. The summed E-state index contributed by atoms with van der Waals surface area (Å²) in [6, 6.07) is 0. The molecule has 0 fully saturated rings. The highest BCUT2D eigenvalue weighted by Crippen LogP contribution is 2.23. The zero-order chi connectivity index (χ0) is 7.56. The summed E-state index contributed by atoms with van der Waals surface area (Å²) in [6.07, 6.45) is 3.76. The second-order valence-corrected chi connectivity index (χ2v) is 2.48. The van der Waals surface area contributed by atoms with Gasteiger partial charge in [0.1, 0.15) is 11.6 Å². The molecule has 0 saturated carbocycles. The minimum absolute atomic E-state index is 0.185. The Labute approximate surface area is 60.2 Å². The highest BCUT2D eigenvalue weighted by Gasteiger charge is 2.12. The van der Waals surface area contributed by atoms with Crippen LogP contribution in [0.15, 0.2) is 23.7 Å². The lowest BCUT2D eigenvalue weighted by molar-refractivity contribution is 0.243. The lowest BCUT2D eigenvalue weighted by Crippen LogP contribution is -2.04. The van der Waals surface area contributed by atoms with E-state index in [2.05, 4.69) is 0 Å². The number of hydrogen-bond donors (Lipinski definition) is 0. The molecule has 0 heterocycles. The Morgan fingerprint density at radius 3 is 2.90 bits per heavy atom. The standard InChI is InChI=1S/C8H11FO/c1-6-3-4-7(9)5-8(6)10-2/h4-6H,3H2,1-2H3. The van der Waals surface area contributed by atoms with Crippen LogP contribution in [-0.2, 0) is 4.74 Å². The minimum atomic E-state index is -0.185. The summed E-state index contributed by atoms with van der Waals surface area (Å²) in [5.74, 6) is 0.874. The molecule has 1 aliphatic rings. The van der Waals surface area contributed by atoms with E-state index < -0.39 is 0 Å². The van der Waals surface area contributed by atoms with Crippen molar-refractivity contribution in [3.05, 3.63) is 23.7 Å². The van der Waals surface area contributed by atoms with Gasteiger partial charge in [-0.2, -0.15) is 0 Å². The lowest BCUT2D eigenvalue weighted by Gasteiger charge is -2.15. The van der Waals surface area contributed by atoms with Crippen LogP contribution in [0.5, 0.6) is 0 Å². The normalized spacial score (nSPS) is 25.3. The molecule has 10 heavy (non-hydrogen) atoms. The molecule has 0 spiro atoms. The number of hydrogen-bond acceptors (Lipinski definition) is 1. The molecular weight excluding hydrogens is 131 g/mol. The van der Waals surface area contributed by atoms with Gasteiger partial charge in [0.05, 0.1) is 7.11 Å². The molecule has 0 aromatic carbocycles. The van der Waals surface area contributed by atoms with E-state index in [4.69, 9.17) is 4.74 Å². The molecule has 1 atom stereocenters. The average Bonchev–Trinajstić information content (AvgIpc) is 1.94. The number of methoxy groups -OCH3 is 1. The van der Waals surface area contributed by atoms with Crippen molar-refractivity contribution in [2.45, 2.75) is 13.3 Å². The first-order chi connectivity index (χ1) is 4.74. The number of rotatable bonds is 1. The van der Waals surface area contributed by atoms with Crippen LogP contribution in [0.3, 0.4) is 0 Å². The Bertz CT molecular complexity index is 182. The van der Waals surface area contributed by atoms with Crippen LogP contribution in [0.1, 0.15) is 13.3 Å². The molecule has 0 saturated heterocycles. The highest BCUT2D eigenvalue weighted by molar-refractivity contribution is 5.21. The van der Waals surface area contributed by atoms with Crippen molar-refractivity contribution in [3.8, 4) is 0 Å². The molecule has 1 aliphatic carbocycles. The smallest absolute Gasteiger partial charge is 0.122 e. The van der Waals surface area contributed by atoms with Crippen LogP contribution >= 0.6 is 0 Å². The van der Waals surface area contributed by atoms with Crippen molar-refractivity contribution in [1.29, 1.82) is 0 Å². The molecule has 1 rings (SSSR count). The van der Waals surface area contributed by atoms with Crippen LogP contribution in [0.25, 0.3) is 0 Å². The van der Waals surface area contributed by atoms with Crippen molar-refractivity contribution in [3.63, 3.8) is 0 Å². The van der Waals surface area contributed by atoms with Gasteiger partial charge in [-0.05, 0) is 12.5 Å². The first-order valence-corrected chi connectivity index (χ1v) is 3.35. The monoisotopic (exact) mass is 142 g/mol. The van der Waals surface area contributed by atoms with E-state index in [1.807, 2.05) is 6.92 Å². The van der Waals surface area contributed by atoms with Crippen molar-refractivity contribution >= 4 is 0 Å². The van der Waals surface area contributed by atoms with Gasteiger partial charge in [-0.25, -0.2) is 4.39 Å². The van der Waals surface area contributed by atoms with Gasteiger partial charge < -0.3 is 4.74 Å². The van der Waals surface area contributed by atoms with E-state index >= 15 is 0 Å². The maximum atomic E-state index is 12.5. The van der Waals surface area contributed by atoms with Gasteiger partial charge >= 0.3 is 0 Å². The zero-order valence-electron chi connectivity index (χ0n) is 6.23. The summed E-state index contributed by atoms with van der Waals surface area (Å²) in [5.41, 5.74) is 0. The summed E-state index contributed by atoms with van der Waals surface area (Å²) in [5, 5.41) is 0. The second-order valence-electron chi connectivity index (χ2n) is 2.48. The molecule has 1 nitrogen and oxygen atoms in total.